The van der Waals surface area contributed by atoms with Crippen molar-refractivity contribution in [3.8, 4) is 0 Å². The lowest BCUT2D eigenvalue weighted by atomic mass is 9.80. The molecule has 46 valence electrons. The molecule has 8 heavy (non-hydrogen) atoms. The maximum Gasteiger partial charge on any atom is -0.0229 e. The molecule has 1 fully saturated rings. The van der Waals surface area contributed by atoms with E-state index in [0.717, 1.165) is 5.92 Å². The largest absolute Gasteiger partial charge is 0.0853 e. The molecule has 0 saturated heterocycles. The third kappa shape index (κ3) is 0.936. The van der Waals surface area contributed by atoms with Crippen LogP contribution in [-0.4, -0.2) is 0 Å². The summed E-state index contributed by atoms with van der Waals surface area (Å²) in [5.41, 5.74) is 1.69. The highest BCUT2D eigenvalue weighted by atomic mass is 14.2. The molecule has 1 aliphatic carbocycles. The van der Waals surface area contributed by atoms with Crippen LogP contribution < -0.4 is 0 Å². The minimum atomic E-state index is 0.912. The molecular weight excluding hydrogens is 96.1 g/mol. The summed E-state index contributed by atoms with van der Waals surface area (Å²) in [5.74, 6) is 0.912. The Morgan fingerprint density at radius 3 is 2.62 bits per heavy atom. The SMILES string of the molecule is CCC=C1CCC1C. The van der Waals surface area contributed by atoms with Crippen molar-refractivity contribution in [3.05, 3.63) is 11.6 Å². The second-order valence-electron chi connectivity index (χ2n) is 2.63. The molecule has 0 heteroatoms. The monoisotopic (exact) mass is 110 g/mol. The van der Waals surface area contributed by atoms with E-state index in [0.29, 0.717) is 0 Å². The minimum absolute atomic E-state index is 0.912. The summed E-state index contributed by atoms with van der Waals surface area (Å²) in [5, 5.41) is 0. The molecule has 1 saturated carbocycles. The molecule has 0 radical (unpaired) electrons. The highest BCUT2D eigenvalue weighted by Gasteiger charge is 2.17. The maximum atomic E-state index is 2.37. The van der Waals surface area contributed by atoms with E-state index in [2.05, 4.69) is 19.9 Å². The third-order valence-electron chi connectivity index (χ3n) is 1.97. The fraction of sp³-hybridized carbons (Fsp3) is 0.750. The zero-order valence-electron chi connectivity index (χ0n) is 5.78. The van der Waals surface area contributed by atoms with Crippen LogP contribution in [0.3, 0.4) is 0 Å². The molecule has 0 spiro atoms. The van der Waals surface area contributed by atoms with Gasteiger partial charge in [0.15, 0.2) is 0 Å². The first-order valence-corrected chi connectivity index (χ1v) is 3.53. The van der Waals surface area contributed by atoms with Crippen molar-refractivity contribution in [2.24, 2.45) is 5.92 Å². The molecule has 0 aliphatic heterocycles. The van der Waals surface area contributed by atoms with Gasteiger partial charge in [-0.3, -0.25) is 0 Å². The Hall–Kier alpha value is -0.260. The van der Waals surface area contributed by atoms with E-state index in [1.165, 1.54) is 19.3 Å². The predicted octanol–water partition coefficient (Wildman–Crippen LogP) is 2.75. The molecule has 0 aromatic heterocycles. The average molecular weight is 110 g/mol. The first-order valence-electron chi connectivity index (χ1n) is 3.53. The van der Waals surface area contributed by atoms with Gasteiger partial charge in [0.05, 0.1) is 0 Å². The normalized spacial score (nSPS) is 32.8. The fourth-order valence-electron chi connectivity index (χ4n) is 1.17. The van der Waals surface area contributed by atoms with E-state index in [4.69, 9.17) is 0 Å². The summed E-state index contributed by atoms with van der Waals surface area (Å²) in [6, 6.07) is 0. The van der Waals surface area contributed by atoms with Gasteiger partial charge in [0.2, 0.25) is 0 Å². The Morgan fingerprint density at radius 1 is 1.75 bits per heavy atom. The second kappa shape index (κ2) is 2.34. The van der Waals surface area contributed by atoms with Crippen LogP contribution in [0, 0.1) is 5.92 Å². The smallest absolute Gasteiger partial charge is 0.0229 e. The van der Waals surface area contributed by atoms with Crippen LogP contribution in [-0.2, 0) is 0 Å². The lowest BCUT2D eigenvalue weighted by Gasteiger charge is -2.25. The van der Waals surface area contributed by atoms with Crippen LogP contribution in [0.5, 0.6) is 0 Å². The van der Waals surface area contributed by atoms with Crippen molar-refractivity contribution in [2.75, 3.05) is 0 Å². The third-order valence-corrected chi connectivity index (χ3v) is 1.97. The van der Waals surface area contributed by atoms with Gasteiger partial charge < -0.3 is 0 Å². The Balaban J connectivity index is 2.36. The van der Waals surface area contributed by atoms with Crippen LogP contribution in [0.1, 0.15) is 33.1 Å². The van der Waals surface area contributed by atoms with Gasteiger partial charge in [0, 0.05) is 0 Å². The quantitative estimate of drug-likeness (QED) is 0.455. The van der Waals surface area contributed by atoms with Crippen molar-refractivity contribution in [3.63, 3.8) is 0 Å². The van der Waals surface area contributed by atoms with Gasteiger partial charge in [-0.25, -0.2) is 0 Å². The first kappa shape index (κ1) is 5.87. The Bertz CT molecular complexity index is 101. The van der Waals surface area contributed by atoms with E-state index >= 15 is 0 Å². The molecule has 0 bridgehead atoms. The zero-order valence-corrected chi connectivity index (χ0v) is 5.78. The van der Waals surface area contributed by atoms with Gasteiger partial charge in [0.25, 0.3) is 0 Å². The van der Waals surface area contributed by atoms with E-state index in [9.17, 15) is 0 Å². The standard InChI is InChI=1S/C8H14/c1-3-4-8-6-5-7(8)2/h4,7H,3,5-6H2,1-2H3. The van der Waals surface area contributed by atoms with Crippen LogP contribution in [0.4, 0.5) is 0 Å². The Labute approximate surface area is 51.6 Å². The minimum Gasteiger partial charge on any atom is -0.0853 e. The van der Waals surface area contributed by atoms with Gasteiger partial charge in [-0.2, -0.15) is 0 Å². The summed E-state index contributed by atoms with van der Waals surface area (Å²) in [6.07, 6.45) is 6.38. The predicted molar refractivity (Wildman–Crippen MR) is 36.8 cm³/mol. The highest BCUT2D eigenvalue weighted by Crippen LogP contribution is 2.32. The molecule has 0 aromatic rings. The molecule has 1 unspecified atom stereocenters. The Kier molecular flexibility index (Phi) is 1.72. The van der Waals surface area contributed by atoms with E-state index < -0.39 is 0 Å². The lowest BCUT2D eigenvalue weighted by Crippen LogP contribution is -2.10. The van der Waals surface area contributed by atoms with Crippen molar-refractivity contribution >= 4 is 0 Å². The van der Waals surface area contributed by atoms with Gasteiger partial charge in [-0.05, 0) is 25.2 Å². The molecular formula is C8H14. The van der Waals surface area contributed by atoms with E-state index in [1.54, 1.807) is 5.57 Å². The molecule has 0 heterocycles. The molecule has 1 atom stereocenters. The summed E-state index contributed by atoms with van der Waals surface area (Å²) in [7, 11) is 0. The molecule has 0 nitrogen and oxygen atoms in total. The van der Waals surface area contributed by atoms with E-state index in [1.807, 2.05) is 0 Å². The number of rotatable bonds is 1. The number of hydrogen-bond acceptors (Lipinski definition) is 0. The van der Waals surface area contributed by atoms with Crippen molar-refractivity contribution in [1.82, 2.24) is 0 Å². The van der Waals surface area contributed by atoms with Crippen LogP contribution >= 0.6 is 0 Å². The van der Waals surface area contributed by atoms with Crippen LogP contribution in [0.25, 0.3) is 0 Å². The zero-order chi connectivity index (χ0) is 5.98. The van der Waals surface area contributed by atoms with Crippen LogP contribution in [0.2, 0.25) is 0 Å². The second-order valence-corrected chi connectivity index (χ2v) is 2.63. The topological polar surface area (TPSA) is 0 Å². The lowest BCUT2D eigenvalue weighted by molar-refractivity contribution is 0.480. The van der Waals surface area contributed by atoms with E-state index in [-0.39, 0.29) is 0 Å². The van der Waals surface area contributed by atoms with Crippen molar-refractivity contribution in [1.29, 1.82) is 0 Å². The summed E-state index contributed by atoms with van der Waals surface area (Å²) >= 11 is 0. The Morgan fingerprint density at radius 2 is 2.50 bits per heavy atom. The van der Waals surface area contributed by atoms with Gasteiger partial charge in [0.1, 0.15) is 0 Å². The number of hydrogen-bond donors (Lipinski definition) is 0. The fourth-order valence-corrected chi connectivity index (χ4v) is 1.17. The summed E-state index contributed by atoms with van der Waals surface area (Å²) < 4.78 is 0. The van der Waals surface area contributed by atoms with Gasteiger partial charge in [-0.15, -0.1) is 0 Å². The number of allylic oxidation sites excluding steroid dienone is 2. The molecule has 1 rings (SSSR count). The molecule has 1 aliphatic rings. The molecule has 0 N–H and O–H groups in total. The first-order chi connectivity index (χ1) is 3.84. The average Bonchev–Trinajstić information content (AvgIpc) is 1.79. The van der Waals surface area contributed by atoms with Crippen LogP contribution in [0.15, 0.2) is 11.6 Å². The maximum absolute atomic E-state index is 2.37. The summed E-state index contributed by atoms with van der Waals surface area (Å²) in [4.78, 5) is 0. The molecule has 0 amide bonds. The van der Waals surface area contributed by atoms with Crippen molar-refractivity contribution in [2.45, 2.75) is 33.1 Å². The van der Waals surface area contributed by atoms with Gasteiger partial charge in [-0.1, -0.05) is 25.5 Å². The summed E-state index contributed by atoms with van der Waals surface area (Å²) in [6.45, 7) is 4.52. The highest BCUT2D eigenvalue weighted by molar-refractivity contribution is 5.13. The molecule has 0 aromatic carbocycles. The van der Waals surface area contributed by atoms with Crippen molar-refractivity contribution < 1.29 is 0 Å². The van der Waals surface area contributed by atoms with Gasteiger partial charge >= 0.3 is 0 Å².